The number of alkyl halides is 1. The molecule has 0 aliphatic carbocycles. The maximum atomic E-state index is 13.3. The number of fused-ring (bicyclic) bond motifs is 1. The van der Waals surface area contributed by atoms with Crippen molar-refractivity contribution in [2.24, 2.45) is 0 Å². The van der Waals surface area contributed by atoms with E-state index >= 15 is 0 Å². The normalized spacial score (nSPS) is 12.8. The summed E-state index contributed by atoms with van der Waals surface area (Å²) in [5.74, 6) is -0.279. The van der Waals surface area contributed by atoms with Crippen molar-refractivity contribution in [2.75, 3.05) is 0 Å². The highest BCUT2D eigenvalue weighted by Crippen LogP contribution is 2.36. The number of nitrogens with one attached hydrogen (secondary N) is 2. The Balaban J connectivity index is 2.13. The van der Waals surface area contributed by atoms with Crippen molar-refractivity contribution in [3.05, 3.63) is 68.3 Å². The van der Waals surface area contributed by atoms with Crippen molar-refractivity contribution >= 4 is 42.9 Å². The van der Waals surface area contributed by atoms with Gasteiger partial charge in [-0.25, -0.2) is 9.18 Å². The van der Waals surface area contributed by atoms with Crippen LogP contribution in [0, 0.1) is 5.82 Å². The fraction of sp³-hybridized carbons (Fsp3) is 0.0714. The lowest BCUT2D eigenvalue weighted by Crippen LogP contribution is -1.99. The third-order valence-corrected chi connectivity index (χ3v) is 4.76. The largest absolute Gasteiger partial charge is 0.323 e. The second-order valence-electron chi connectivity index (χ2n) is 4.42. The van der Waals surface area contributed by atoms with Gasteiger partial charge in [-0.05, 0) is 35.4 Å². The van der Waals surface area contributed by atoms with Crippen LogP contribution in [0.15, 0.2) is 45.7 Å². The van der Waals surface area contributed by atoms with Gasteiger partial charge in [-0.3, -0.25) is 0 Å². The first kappa shape index (κ1) is 13.6. The Morgan fingerprint density at radius 1 is 1.10 bits per heavy atom. The van der Waals surface area contributed by atoms with Crippen LogP contribution in [0.4, 0.5) is 4.39 Å². The Morgan fingerprint density at radius 2 is 1.80 bits per heavy atom. The zero-order valence-electron chi connectivity index (χ0n) is 10.1. The maximum absolute atomic E-state index is 13.3. The number of hydrogen-bond acceptors (Lipinski definition) is 1. The average molecular weight is 400 g/mol. The van der Waals surface area contributed by atoms with Crippen LogP contribution in [0.2, 0.25) is 0 Å². The highest BCUT2D eigenvalue weighted by atomic mass is 79.9. The van der Waals surface area contributed by atoms with Crippen molar-refractivity contribution in [2.45, 2.75) is 4.83 Å². The standard InChI is InChI=1S/C14H9Br2FN2O/c15-10-6-12-11(18-14(20)19-12)5-9(10)13(16)7-2-1-3-8(17)4-7/h1-6,13H,(H2,18,19,20). The molecule has 3 nitrogen and oxygen atoms in total. The quantitative estimate of drug-likeness (QED) is 0.622. The predicted molar refractivity (Wildman–Crippen MR) is 83.8 cm³/mol. The lowest BCUT2D eigenvalue weighted by Gasteiger charge is -2.13. The molecule has 0 spiro atoms. The summed E-state index contributed by atoms with van der Waals surface area (Å²) in [6.45, 7) is 0. The van der Waals surface area contributed by atoms with Gasteiger partial charge >= 0.3 is 5.69 Å². The van der Waals surface area contributed by atoms with E-state index < -0.39 is 0 Å². The summed E-state index contributed by atoms with van der Waals surface area (Å²) < 4.78 is 14.2. The van der Waals surface area contributed by atoms with Gasteiger partial charge in [-0.1, -0.05) is 44.0 Å². The van der Waals surface area contributed by atoms with Crippen LogP contribution in [0.25, 0.3) is 11.0 Å². The SMILES string of the molecule is O=c1[nH]c2cc(Br)c(C(Br)c3cccc(F)c3)cc2[nH]1. The van der Waals surface area contributed by atoms with E-state index in [9.17, 15) is 9.18 Å². The first-order valence-electron chi connectivity index (χ1n) is 5.85. The predicted octanol–water partition coefficient (Wildman–Crippen LogP) is 4.24. The van der Waals surface area contributed by atoms with E-state index in [4.69, 9.17) is 0 Å². The van der Waals surface area contributed by atoms with Crippen molar-refractivity contribution < 1.29 is 4.39 Å². The van der Waals surface area contributed by atoms with E-state index in [1.54, 1.807) is 6.07 Å². The van der Waals surface area contributed by atoms with Crippen molar-refractivity contribution in [3.63, 3.8) is 0 Å². The van der Waals surface area contributed by atoms with Gasteiger partial charge in [0, 0.05) is 4.47 Å². The Labute approximate surface area is 130 Å². The summed E-state index contributed by atoms with van der Waals surface area (Å²) in [4.78, 5) is 16.6. The van der Waals surface area contributed by atoms with Gasteiger partial charge in [0.2, 0.25) is 0 Å². The molecule has 0 fully saturated rings. The number of aromatic nitrogens is 2. The van der Waals surface area contributed by atoms with Crippen LogP contribution >= 0.6 is 31.9 Å². The molecular weight excluding hydrogens is 391 g/mol. The van der Waals surface area contributed by atoms with Crippen LogP contribution in [0.3, 0.4) is 0 Å². The van der Waals surface area contributed by atoms with Crippen molar-refractivity contribution in [1.29, 1.82) is 0 Å². The van der Waals surface area contributed by atoms with E-state index in [0.717, 1.165) is 21.1 Å². The molecule has 1 unspecified atom stereocenters. The summed E-state index contributed by atoms with van der Waals surface area (Å²) in [5.41, 5.74) is 2.92. The molecule has 1 heterocycles. The van der Waals surface area contributed by atoms with Crippen LogP contribution in [-0.4, -0.2) is 9.97 Å². The Kier molecular flexibility index (Phi) is 3.52. The second-order valence-corrected chi connectivity index (χ2v) is 6.19. The topological polar surface area (TPSA) is 48.6 Å². The monoisotopic (exact) mass is 398 g/mol. The van der Waals surface area contributed by atoms with Crippen LogP contribution in [0.5, 0.6) is 0 Å². The molecule has 2 aromatic carbocycles. The summed E-state index contributed by atoms with van der Waals surface area (Å²) in [7, 11) is 0. The van der Waals surface area contributed by atoms with Gasteiger partial charge in [0.1, 0.15) is 5.82 Å². The van der Waals surface area contributed by atoms with Crippen molar-refractivity contribution in [3.8, 4) is 0 Å². The van der Waals surface area contributed by atoms with Crippen LogP contribution < -0.4 is 5.69 Å². The van der Waals surface area contributed by atoms with E-state index in [1.165, 1.54) is 12.1 Å². The Morgan fingerprint density at radius 3 is 2.50 bits per heavy atom. The average Bonchev–Trinajstić information content (AvgIpc) is 2.76. The smallest absolute Gasteiger partial charge is 0.306 e. The third kappa shape index (κ3) is 2.45. The molecule has 3 rings (SSSR count). The van der Waals surface area contributed by atoms with Crippen molar-refractivity contribution in [1.82, 2.24) is 9.97 Å². The van der Waals surface area contributed by atoms with Gasteiger partial charge in [-0.2, -0.15) is 0 Å². The molecule has 2 N–H and O–H groups in total. The molecule has 1 aromatic heterocycles. The number of H-pyrrole nitrogens is 2. The number of rotatable bonds is 2. The Hall–Kier alpha value is -1.40. The van der Waals surface area contributed by atoms with Gasteiger partial charge in [-0.15, -0.1) is 0 Å². The molecule has 0 aliphatic rings. The molecule has 0 amide bonds. The molecule has 3 aromatic rings. The molecule has 0 aliphatic heterocycles. The summed E-state index contributed by atoms with van der Waals surface area (Å²) in [6, 6.07) is 10.1. The van der Waals surface area contributed by atoms with E-state index in [0.29, 0.717) is 5.52 Å². The van der Waals surface area contributed by atoms with E-state index in [1.807, 2.05) is 18.2 Å². The Bertz CT molecular complexity index is 841. The third-order valence-electron chi connectivity index (χ3n) is 3.05. The number of benzene rings is 2. The van der Waals surface area contributed by atoms with Gasteiger partial charge in [0.25, 0.3) is 0 Å². The van der Waals surface area contributed by atoms with E-state index in [2.05, 4.69) is 41.8 Å². The van der Waals surface area contributed by atoms with E-state index in [-0.39, 0.29) is 16.3 Å². The minimum atomic E-state index is -0.279. The second kappa shape index (κ2) is 5.18. The maximum Gasteiger partial charge on any atom is 0.323 e. The molecule has 0 saturated heterocycles. The fourth-order valence-electron chi connectivity index (χ4n) is 2.11. The minimum Gasteiger partial charge on any atom is -0.306 e. The number of hydrogen-bond donors (Lipinski definition) is 2. The van der Waals surface area contributed by atoms with Crippen LogP contribution in [-0.2, 0) is 0 Å². The molecule has 20 heavy (non-hydrogen) atoms. The number of imidazole rings is 1. The minimum absolute atomic E-state index is 0.171. The lowest BCUT2D eigenvalue weighted by molar-refractivity contribution is 0.626. The first-order valence-corrected chi connectivity index (χ1v) is 7.56. The summed E-state index contributed by atoms with van der Waals surface area (Å²) >= 11 is 7.06. The van der Waals surface area contributed by atoms with Crippen LogP contribution in [0.1, 0.15) is 16.0 Å². The highest BCUT2D eigenvalue weighted by Gasteiger charge is 2.16. The fourth-order valence-corrected chi connectivity index (χ4v) is 3.65. The number of halogens is 3. The summed E-state index contributed by atoms with van der Waals surface area (Å²) in [5, 5.41) is 0. The molecular formula is C14H9Br2FN2O. The molecule has 0 bridgehead atoms. The molecule has 0 radical (unpaired) electrons. The van der Waals surface area contributed by atoms with Gasteiger partial charge < -0.3 is 9.97 Å². The highest BCUT2D eigenvalue weighted by molar-refractivity contribution is 9.11. The first-order chi connectivity index (χ1) is 9.54. The van der Waals surface area contributed by atoms with Gasteiger partial charge in [0.15, 0.2) is 0 Å². The molecule has 1 atom stereocenters. The summed E-state index contributed by atoms with van der Waals surface area (Å²) in [6.07, 6.45) is 0. The molecule has 102 valence electrons. The number of aromatic amines is 2. The zero-order chi connectivity index (χ0) is 14.3. The molecule has 0 saturated carbocycles. The van der Waals surface area contributed by atoms with Gasteiger partial charge in [0.05, 0.1) is 15.9 Å². The lowest BCUT2D eigenvalue weighted by atomic mass is 10.0. The zero-order valence-corrected chi connectivity index (χ0v) is 13.3. The molecule has 6 heteroatoms.